The van der Waals surface area contributed by atoms with Crippen LogP contribution >= 0.6 is 11.3 Å². The highest BCUT2D eigenvalue weighted by atomic mass is 32.1. The number of amides is 1. The highest BCUT2D eigenvalue weighted by molar-refractivity contribution is 7.15. The van der Waals surface area contributed by atoms with Crippen LogP contribution < -0.4 is 0 Å². The molecule has 3 heterocycles. The van der Waals surface area contributed by atoms with Crippen molar-refractivity contribution in [1.82, 2.24) is 14.3 Å². The number of nitrogens with zero attached hydrogens (tertiary/aromatic N) is 3. The molecule has 1 atom stereocenters. The fourth-order valence-corrected chi connectivity index (χ4v) is 3.07. The number of carbonyl (C=O) groups is 1. The summed E-state index contributed by atoms with van der Waals surface area (Å²) in [5, 5.41) is 1.97. The summed E-state index contributed by atoms with van der Waals surface area (Å²) in [4.78, 5) is 19.4. The lowest BCUT2D eigenvalue weighted by Gasteiger charge is -2.30. The molecular formula is C12H15N3OS. The molecule has 1 aliphatic heterocycles. The molecule has 0 aliphatic carbocycles. The van der Waals surface area contributed by atoms with E-state index in [1.807, 2.05) is 27.1 Å². The molecule has 17 heavy (non-hydrogen) atoms. The van der Waals surface area contributed by atoms with Gasteiger partial charge in [0.25, 0.3) is 5.91 Å². The summed E-state index contributed by atoms with van der Waals surface area (Å²) < 4.78 is 1.91. The van der Waals surface area contributed by atoms with Crippen LogP contribution in [0.1, 0.15) is 30.3 Å². The van der Waals surface area contributed by atoms with Crippen LogP contribution in [0.25, 0.3) is 4.96 Å². The number of piperidine rings is 1. The third-order valence-electron chi connectivity index (χ3n) is 3.26. The van der Waals surface area contributed by atoms with Crippen molar-refractivity contribution in [3.05, 3.63) is 23.5 Å². The van der Waals surface area contributed by atoms with Gasteiger partial charge in [-0.05, 0) is 18.8 Å². The molecule has 2 aromatic rings. The fraction of sp³-hybridized carbons (Fsp3) is 0.500. The third-order valence-corrected chi connectivity index (χ3v) is 4.03. The van der Waals surface area contributed by atoms with Crippen LogP contribution in [-0.2, 0) is 0 Å². The van der Waals surface area contributed by atoms with Crippen molar-refractivity contribution in [1.29, 1.82) is 0 Å². The molecule has 0 radical (unpaired) electrons. The van der Waals surface area contributed by atoms with Crippen LogP contribution in [0, 0.1) is 5.92 Å². The van der Waals surface area contributed by atoms with E-state index < -0.39 is 0 Å². The minimum Gasteiger partial charge on any atom is -0.337 e. The highest BCUT2D eigenvalue weighted by Gasteiger charge is 2.23. The average molecular weight is 249 g/mol. The van der Waals surface area contributed by atoms with Gasteiger partial charge in [-0.2, -0.15) is 0 Å². The van der Waals surface area contributed by atoms with E-state index in [9.17, 15) is 4.79 Å². The Labute approximate surface area is 104 Å². The summed E-state index contributed by atoms with van der Waals surface area (Å²) in [5.74, 6) is 0.684. The van der Waals surface area contributed by atoms with Gasteiger partial charge >= 0.3 is 0 Å². The van der Waals surface area contributed by atoms with Crippen molar-refractivity contribution in [3.63, 3.8) is 0 Å². The minimum absolute atomic E-state index is 0.0763. The molecule has 4 nitrogen and oxygen atoms in total. The first-order chi connectivity index (χ1) is 8.24. The van der Waals surface area contributed by atoms with Gasteiger partial charge in [0.2, 0.25) is 0 Å². The van der Waals surface area contributed by atoms with Crippen molar-refractivity contribution >= 4 is 22.2 Å². The summed E-state index contributed by atoms with van der Waals surface area (Å²) in [7, 11) is 0. The van der Waals surface area contributed by atoms with Crippen molar-refractivity contribution in [2.24, 2.45) is 5.92 Å². The number of fused-ring (bicyclic) bond motifs is 1. The van der Waals surface area contributed by atoms with E-state index in [1.165, 1.54) is 6.42 Å². The summed E-state index contributed by atoms with van der Waals surface area (Å²) in [6, 6.07) is 0. The number of rotatable bonds is 1. The average Bonchev–Trinajstić information content (AvgIpc) is 2.88. The molecule has 0 bridgehead atoms. The van der Waals surface area contributed by atoms with E-state index >= 15 is 0 Å². The molecule has 1 saturated heterocycles. The zero-order chi connectivity index (χ0) is 11.8. The molecule has 1 aliphatic rings. The van der Waals surface area contributed by atoms with Crippen LogP contribution in [0.15, 0.2) is 17.8 Å². The van der Waals surface area contributed by atoms with Gasteiger partial charge < -0.3 is 4.90 Å². The van der Waals surface area contributed by atoms with Crippen molar-refractivity contribution in [2.75, 3.05) is 13.1 Å². The number of carbonyl (C=O) groups excluding carboxylic acids is 1. The molecule has 1 fully saturated rings. The quantitative estimate of drug-likeness (QED) is 0.777. The largest absolute Gasteiger partial charge is 0.337 e. The molecule has 1 unspecified atom stereocenters. The van der Waals surface area contributed by atoms with E-state index in [-0.39, 0.29) is 5.91 Å². The van der Waals surface area contributed by atoms with Crippen LogP contribution in [0.4, 0.5) is 0 Å². The molecule has 5 heteroatoms. The summed E-state index contributed by atoms with van der Waals surface area (Å²) in [5.41, 5.74) is 0.575. The molecule has 0 N–H and O–H groups in total. The second-order valence-electron chi connectivity index (χ2n) is 4.72. The Kier molecular flexibility index (Phi) is 2.63. The van der Waals surface area contributed by atoms with Crippen LogP contribution in [0.2, 0.25) is 0 Å². The molecule has 1 amide bonds. The highest BCUT2D eigenvalue weighted by Crippen LogP contribution is 2.18. The van der Waals surface area contributed by atoms with Crippen LogP contribution in [0.5, 0.6) is 0 Å². The second kappa shape index (κ2) is 4.14. The maximum absolute atomic E-state index is 12.3. The minimum atomic E-state index is 0.0763. The van der Waals surface area contributed by atoms with E-state index in [1.54, 1.807) is 11.3 Å². The standard InChI is InChI=1S/C12H15N3OS/c1-9-3-2-4-14(7-9)11(16)10-8-15-5-6-17-12(15)13-10/h5-6,8-9H,2-4,7H2,1H3. The normalized spacial score (nSPS) is 21.0. The van der Waals surface area contributed by atoms with E-state index in [4.69, 9.17) is 0 Å². The predicted molar refractivity (Wildman–Crippen MR) is 67.4 cm³/mol. The number of aromatic nitrogens is 2. The smallest absolute Gasteiger partial charge is 0.274 e. The van der Waals surface area contributed by atoms with E-state index in [2.05, 4.69) is 11.9 Å². The van der Waals surface area contributed by atoms with Gasteiger partial charge in [-0.25, -0.2) is 4.98 Å². The van der Waals surface area contributed by atoms with Crippen molar-refractivity contribution in [2.45, 2.75) is 19.8 Å². The Morgan fingerprint density at radius 1 is 1.59 bits per heavy atom. The van der Waals surface area contributed by atoms with Gasteiger partial charge in [0.1, 0.15) is 5.69 Å². The molecule has 2 aromatic heterocycles. The lowest BCUT2D eigenvalue weighted by Crippen LogP contribution is -2.39. The summed E-state index contributed by atoms with van der Waals surface area (Å²) in [6.07, 6.45) is 6.09. The van der Waals surface area contributed by atoms with E-state index in [0.29, 0.717) is 11.6 Å². The number of hydrogen-bond donors (Lipinski definition) is 0. The van der Waals surface area contributed by atoms with Crippen molar-refractivity contribution < 1.29 is 4.79 Å². The first kappa shape index (κ1) is 10.8. The first-order valence-corrected chi connectivity index (χ1v) is 6.83. The molecule has 0 aromatic carbocycles. The second-order valence-corrected chi connectivity index (χ2v) is 5.59. The zero-order valence-electron chi connectivity index (χ0n) is 9.80. The monoisotopic (exact) mass is 249 g/mol. The summed E-state index contributed by atoms with van der Waals surface area (Å²) >= 11 is 1.55. The summed E-state index contributed by atoms with van der Waals surface area (Å²) in [6.45, 7) is 3.93. The third kappa shape index (κ3) is 1.95. The predicted octanol–water partition coefficient (Wildman–Crippen LogP) is 2.27. The van der Waals surface area contributed by atoms with Gasteiger partial charge in [-0.1, -0.05) is 6.92 Å². The Morgan fingerprint density at radius 3 is 3.24 bits per heavy atom. The molecular weight excluding hydrogens is 234 g/mol. The fourth-order valence-electron chi connectivity index (χ4n) is 2.37. The number of imidazole rings is 1. The number of likely N-dealkylation sites (tertiary alicyclic amines) is 1. The van der Waals surface area contributed by atoms with E-state index in [0.717, 1.165) is 24.5 Å². The number of thiazole rings is 1. The maximum atomic E-state index is 12.3. The number of hydrogen-bond acceptors (Lipinski definition) is 3. The molecule has 3 rings (SSSR count). The van der Waals surface area contributed by atoms with Gasteiger partial charge in [0.15, 0.2) is 4.96 Å². The lowest BCUT2D eigenvalue weighted by molar-refractivity contribution is 0.0678. The maximum Gasteiger partial charge on any atom is 0.274 e. The first-order valence-electron chi connectivity index (χ1n) is 5.95. The molecule has 0 spiro atoms. The Balaban J connectivity index is 1.83. The van der Waals surface area contributed by atoms with Gasteiger partial charge in [0.05, 0.1) is 0 Å². The van der Waals surface area contributed by atoms with Gasteiger partial charge in [-0.15, -0.1) is 11.3 Å². The lowest BCUT2D eigenvalue weighted by atomic mass is 10.0. The Hall–Kier alpha value is -1.36. The van der Waals surface area contributed by atoms with Crippen molar-refractivity contribution in [3.8, 4) is 0 Å². The SMILES string of the molecule is CC1CCCN(C(=O)c2cn3ccsc3n2)C1. The molecule has 90 valence electrons. The zero-order valence-corrected chi connectivity index (χ0v) is 10.6. The van der Waals surface area contributed by atoms with Gasteiger partial charge in [-0.3, -0.25) is 9.20 Å². The Morgan fingerprint density at radius 2 is 2.47 bits per heavy atom. The van der Waals surface area contributed by atoms with Crippen LogP contribution in [-0.4, -0.2) is 33.3 Å². The molecule has 0 saturated carbocycles. The van der Waals surface area contributed by atoms with Gasteiger partial charge in [0, 0.05) is 30.9 Å². The van der Waals surface area contributed by atoms with Crippen LogP contribution in [0.3, 0.4) is 0 Å². The topological polar surface area (TPSA) is 37.6 Å². The Bertz CT molecular complexity index is 516.